The van der Waals surface area contributed by atoms with Gasteiger partial charge in [-0.25, -0.2) is 19.9 Å². The van der Waals surface area contributed by atoms with Crippen LogP contribution in [0.4, 0.5) is 17.1 Å². The summed E-state index contributed by atoms with van der Waals surface area (Å²) in [6, 6.07) is 90.8. The van der Waals surface area contributed by atoms with Crippen LogP contribution in [0.3, 0.4) is 0 Å². The molecule has 0 unspecified atom stereocenters. The molecule has 9 aromatic carbocycles. The molecule has 6 heteroatoms. The Morgan fingerprint density at radius 1 is 0.243 bits per heavy atom. The fraction of sp³-hybridized carbons (Fsp3) is 0. The number of benzene rings is 9. The van der Waals surface area contributed by atoms with E-state index in [0.29, 0.717) is 17.5 Å². The second-order valence-corrected chi connectivity index (χ2v) is 17.1. The molecule has 0 saturated heterocycles. The third kappa shape index (κ3) is 8.42. The first-order valence-corrected chi connectivity index (χ1v) is 23.5. The van der Waals surface area contributed by atoms with Crippen molar-refractivity contribution in [2.24, 2.45) is 0 Å². The van der Waals surface area contributed by atoms with Crippen LogP contribution < -0.4 is 4.90 Å². The van der Waals surface area contributed by atoms with E-state index in [1.165, 1.54) is 0 Å². The number of rotatable bonds is 11. The summed E-state index contributed by atoms with van der Waals surface area (Å²) in [5.74, 6) is 1.86. The molecular weight excluding hydrogens is 853 g/mol. The smallest absolute Gasteiger partial charge is 0.164 e. The maximum Gasteiger partial charge on any atom is 0.164 e. The van der Waals surface area contributed by atoms with E-state index >= 15 is 0 Å². The SMILES string of the molecule is c1ccc(-c2ccc(-c3nc(-c4ccc(-c5ccccc5)cc4)nc(-c4ccc(-c5ccc(N(c6ccccc6)c6ccc(-c7c(-c8ccccc8)nc8ccccn78)cc6)cc5)cc4)n3)cc2)cc1. The first-order valence-electron chi connectivity index (χ1n) is 23.5. The summed E-state index contributed by atoms with van der Waals surface area (Å²) in [6.45, 7) is 0. The van der Waals surface area contributed by atoms with Gasteiger partial charge in [0.2, 0.25) is 0 Å². The van der Waals surface area contributed by atoms with Crippen LogP contribution in [0.5, 0.6) is 0 Å². The van der Waals surface area contributed by atoms with Gasteiger partial charge in [0.1, 0.15) is 5.65 Å². The van der Waals surface area contributed by atoms with E-state index in [1.54, 1.807) is 0 Å². The molecule has 0 aliphatic rings. The molecule has 0 atom stereocenters. The van der Waals surface area contributed by atoms with Crippen LogP contribution in [0.15, 0.2) is 267 Å². The van der Waals surface area contributed by atoms with Gasteiger partial charge in [-0.3, -0.25) is 4.40 Å². The Labute approximate surface area is 407 Å². The summed E-state index contributed by atoms with van der Waals surface area (Å²) in [5, 5.41) is 0. The van der Waals surface area contributed by atoms with Crippen LogP contribution in [0.2, 0.25) is 0 Å². The Hall–Kier alpha value is -9.52. The molecule has 12 aromatic rings. The Morgan fingerprint density at radius 3 is 0.986 bits per heavy atom. The summed E-state index contributed by atoms with van der Waals surface area (Å²) in [7, 11) is 0. The Balaban J connectivity index is 0.849. The van der Waals surface area contributed by atoms with Gasteiger partial charge in [-0.05, 0) is 81.9 Å². The number of nitrogens with zero attached hydrogens (tertiary/aromatic N) is 6. The monoisotopic (exact) mass is 896 g/mol. The highest BCUT2D eigenvalue weighted by molar-refractivity contribution is 5.85. The van der Waals surface area contributed by atoms with Crippen molar-refractivity contribution in [3.05, 3.63) is 267 Å². The molecule has 6 nitrogen and oxygen atoms in total. The topological polar surface area (TPSA) is 59.2 Å². The molecule has 0 aliphatic carbocycles. The predicted octanol–water partition coefficient (Wildman–Crippen LogP) is 16.3. The van der Waals surface area contributed by atoms with Crippen LogP contribution in [-0.4, -0.2) is 24.3 Å². The van der Waals surface area contributed by atoms with E-state index in [4.69, 9.17) is 19.9 Å². The molecule has 3 aromatic heterocycles. The number of hydrogen-bond acceptors (Lipinski definition) is 5. The molecule has 0 bridgehead atoms. The number of fused-ring (bicyclic) bond motifs is 1. The van der Waals surface area contributed by atoms with Gasteiger partial charge in [-0.2, -0.15) is 0 Å². The molecule has 0 amide bonds. The zero-order chi connectivity index (χ0) is 46.6. The molecule has 0 fully saturated rings. The lowest BCUT2D eigenvalue weighted by Crippen LogP contribution is -2.09. The van der Waals surface area contributed by atoms with Crippen molar-refractivity contribution >= 4 is 22.7 Å². The Bertz CT molecular complexity index is 3590. The third-order valence-corrected chi connectivity index (χ3v) is 12.7. The zero-order valence-corrected chi connectivity index (χ0v) is 38.1. The second-order valence-electron chi connectivity index (χ2n) is 17.1. The van der Waals surface area contributed by atoms with E-state index in [9.17, 15) is 0 Å². The fourth-order valence-corrected chi connectivity index (χ4v) is 9.12. The maximum atomic E-state index is 5.08. The van der Waals surface area contributed by atoms with Crippen molar-refractivity contribution in [2.75, 3.05) is 4.90 Å². The summed E-state index contributed by atoms with van der Waals surface area (Å²) < 4.78 is 2.17. The van der Waals surface area contributed by atoms with Gasteiger partial charge < -0.3 is 4.90 Å². The number of aromatic nitrogens is 5. The van der Waals surface area contributed by atoms with Crippen LogP contribution in [-0.2, 0) is 0 Å². The van der Waals surface area contributed by atoms with Crippen molar-refractivity contribution in [1.82, 2.24) is 24.3 Å². The quantitative estimate of drug-likeness (QED) is 0.129. The number of para-hydroxylation sites is 1. The minimum atomic E-state index is 0.614. The minimum Gasteiger partial charge on any atom is -0.311 e. The van der Waals surface area contributed by atoms with Gasteiger partial charge in [0, 0.05) is 51.1 Å². The van der Waals surface area contributed by atoms with Crippen molar-refractivity contribution in [3.8, 4) is 90.1 Å². The van der Waals surface area contributed by atoms with Gasteiger partial charge in [0.05, 0.1) is 11.4 Å². The molecule has 70 heavy (non-hydrogen) atoms. The molecule has 0 N–H and O–H groups in total. The largest absolute Gasteiger partial charge is 0.311 e. The maximum absolute atomic E-state index is 5.08. The third-order valence-electron chi connectivity index (χ3n) is 12.7. The molecule has 0 spiro atoms. The van der Waals surface area contributed by atoms with Gasteiger partial charge in [0.15, 0.2) is 17.5 Å². The van der Waals surface area contributed by atoms with Crippen LogP contribution in [0, 0.1) is 0 Å². The second kappa shape index (κ2) is 18.6. The Morgan fingerprint density at radius 2 is 0.557 bits per heavy atom. The molecule has 0 radical (unpaired) electrons. The minimum absolute atomic E-state index is 0.614. The fourth-order valence-electron chi connectivity index (χ4n) is 9.12. The van der Waals surface area contributed by atoms with E-state index < -0.39 is 0 Å². The van der Waals surface area contributed by atoms with Gasteiger partial charge in [-0.1, -0.05) is 212 Å². The molecule has 330 valence electrons. The lowest BCUT2D eigenvalue weighted by molar-refractivity contribution is 1.07. The standard InChI is InChI=1S/C64H44N6/c1-5-15-45(16-6-1)47-24-30-53(31-25-47)62-66-63(54-32-26-48(27-33-54)46-17-7-2-8-18-46)68-64(67-62)55-34-28-49(29-35-55)50-36-40-57(41-37-50)70(56-21-11-4-12-22-56)58-42-38-52(39-43-58)61-60(51-19-9-3-10-20-51)65-59-23-13-14-44-69(59)61/h1-44H. The summed E-state index contributed by atoms with van der Waals surface area (Å²) in [4.78, 5) is 22.6. The highest BCUT2D eigenvalue weighted by Gasteiger charge is 2.19. The lowest BCUT2D eigenvalue weighted by atomic mass is 10.0. The van der Waals surface area contributed by atoms with Crippen molar-refractivity contribution < 1.29 is 0 Å². The summed E-state index contributed by atoms with van der Waals surface area (Å²) >= 11 is 0. The number of anilines is 3. The van der Waals surface area contributed by atoms with Crippen LogP contribution in [0.1, 0.15) is 0 Å². The number of imidazole rings is 1. The average Bonchev–Trinajstić information content (AvgIpc) is 3.84. The van der Waals surface area contributed by atoms with E-state index in [0.717, 1.165) is 95.3 Å². The summed E-state index contributed by atoms with van der Waals surface area (Å²) in [6.07, 6.45) is 2.09. The highest BCUT2D eigenvalue weighted by atomic mass is 15.1. The first-order chi connectivity index (χ1) is 34.7. The van der Waals surface area contributed by atoms with Crippen molar-refractivity contribution in [1.29, 1.82) is 0 Å². The molecule has 0 saturated carbocycles. The van der Waals surface area contributed by atoms with Crippen molar-refractivity contribution in [3.63, 3.8) is 0 Å². The average molecular weight is 897 g/mol. The number of pyridine rings is 1. The van der Waals surface area contributed by atoms with E-state index in [1.807, 2.05) is 24.3 Å². The van der Waals surface area contributed by atoms with Gasteiger partial charge in [0.25, 0.3) is 0 Å². The summed E-state index contributed by atoms with van der Waals surface area (Å²) in [5.41, 5.74) is 17.8. The molecule has 12 rings (SSSR count). The highest BCUT2D eigenvalue weighted by Crippen LogP contribution is 2.39. The normalized spacial score (nSPS) is 11.1. The van der Waals surface area contributed by atoms with Gasteiger partial charge >= 0.3 is 0 Å². The van der Waals surface area contributed by atoms with Crippen LogP contribution in [0.25, 0.3) is 95.7 Å². The first kappa shape index (κ1) is 41.9. The zero-order valence-electron chi connectivity index (χ0n) is 38.1. The predicted molar refractivity (Wildman–Crippen MR) is 287 cm³/mol. The molecular formula is C64H44N6. The van der Waals surface area contributed by atoms with E-state index in [-0.39, 0.29) is 0 Å². The molecule has 3 heterocycles. The van der Waals surface area contributed by atoms with E-state index in [2.05, 4.69) is 252 Å². The van der Waals surface area contributed by atoms with Crippen molar-refractivity contribution in [2.45, 2.75) is 0 Å². The van der Waals surface area contributed by atoms with Gasteiger partial charge in [-0.15, -0.1) is 0 Å². The number of hydrogen-bond donors (Lipinski definition) is 0. The molecule has 0 aliphatic heterocycles. The lowest BCUT2D eigenvalue weighted by Gasteiger charge is -2.26. The Kier molecular flexibility index (Phi) is 11.1. The van der Waals surface area contributed by atoms with Crippen LogP contribution >= 0.6 is 0 Å².